The van der Waals surface area contributed by atoms with E-state index >= 15 is 0 Å². The summed E-state index contributed by atoms with van der Waals surface area (Å²) in [5.41, 5.74) is 2.59. The molecule has 0 spiro atoms. The molecule has 3 rings (SSSR count). The zero-order valence-corrected chi connectivity index (χ0v) is 15.5. The first-order chi connectivity index (χ1) is 12.0. The number of anilines is 1. The third-order valence-corrected chi connectivity index (χ3v) is 5.07. The third kappa shape index (κ3) is 4.37. The molecule has 3 heterocycles. The molecule has 2 N–H and O–H groups in total. The van der Waals surface area contributed by atoms with Gasteiger partial charge in [-0.1, -0.05) is 6.07 Å². The van der Waals surface area contributed by atoms with Crippen LogP contribution in [-0.4, -0.2) is 22.2 Å². The van der Waals surface area contributed by atoms with Crippen LogP contribution in [0.2, 0.25) is 0 Å². The average Bonchev–Trinajstić information content (AvgIpc) is 3.29. The van der Waals surface area contributed by atoms with Gasteiger partial charge in [0.1, 0.15) is 13.1 Å². The van der Waals surface area contributed by atoms with Gasteiger partial charge in [0.05, 0.1) is 28.2 Å². The highest BCUT2D eigenvalue weighted by atomic mass is 32.1. The van der Waals surface area contributed by atoms with E-state index in [-0.39, 0.29) is 5.91 Å². The Kier molecular flexibility index (Phi) is 5.35. The van der Waals surface area contributed by atoms with E-state index in [1.54, 1.807) is 22.3 Å². The quantitative estimate of drug-likeness (QED) is 0.677. The van der Waals surface area contributed by atoms with Crippen LogP contribution < -0.4 is 10.2 Å². The fourth-order valence-electron chi connectivity index (χ4n) is 2.87. The molecule has 0 aliphatic rings. The van der Waals surface area contributed by atoms with E-state index in [0.29, 0.717) is 13.1 Å². The second-order valence-electron chi connectivity index (χ2n) is 6.16. The zero-order chi connectivity index (χ0) is 17.8. The van der Waals surface area contributed by atoms with Crippen molar-refractivity contribution < 1.29 is 14.1 Å². The lowest BCUT2D eigenvalue weighted by atomic mass is 10.3. The van der Waals surface area contributed by atoms with E-state index in [2.05, 4.69) is 21.9 Å². The van der Waals surface area contributed by atoms with E-state index in [9.17, 15) is 4.79 Å². The molecule has 1 amide bonds. The van der Waals surface area contributed by atoms with Crippen LogP contribution in [0.25, 0.3) is 0 Å². The van der Waals surface area contributed by atoms with Crippen LogP contribution in [0.3, 0.4) is 0 Å². The SMILES string of the molecule is Cc1nn(C)c(C)c1NC(=O)C[NH+](Cc1ccco1)Cc1cccs1. The molecule has 0 radical (unpaired) electrons. The first kappa shape index (κ1) is 17.4. The van der Waals surface area contributed by atoms with Crippen LogP contribution in [-0.2, 0) is 24.9 Å². The number of rotatable bonds is 7. The number of carbonyl (C=O) groups is 1. The molecule has 0 saturated carbocycles. The second kappa shape index (κ2) is 7.67. The molecule has 0 aliphatic carbocycles. The number of nitrogens with one attached hydrogen (secondary N) is 2. The van der Waals surface area contributed by atoms with Crippen molar-refractivity contribution in [2.45, 2.75) is 26.9 Å². The molecule has 132 valence electrons. The number of thiophene rings is 1. The number of nitrogens with zero attached hydrogens (tertiary/aromatic N) is 2. The number of carbonyl (C=O) groups excluding carboxylic acids is 1. The largest absolute Gasteiger partial charge is 0.463 e. The Hall–Kier alpha value is -2.38. The number of quaternary nitrogens is 1. The smallest absolute Gasteiger partial charge is 0.279 e. The predicted octanol–water partition coefficient (Wildman–Crippen LogP) is 1.92. The van der Waals surface area contributed by atoms with Gasteiger partial charge in [0.15, 0.2) is 12.3 Å². The van der Waals surface area contributed by atoms with Gasteiger partial charge in [-0.05, 0) is 37.4 Å². The highest BCUT2D eigenvalue weighted by Gasteiger charge is 2.20. The van der Waals surface area contributed by atoms with Gasteiger partial charge in [-0.3, -0.25) is 9.48 Å². The number of hydrogen-bond donors (Lipinski definition) is 2. The lowest BCUT2D eigenvalue weighted by Gasteiger charge is -2.17. The highest BCUT2D eigenvalue weighted by molar-refractivity contribution is 7.09. The molecule has 0 aliphatic heterocycles. The Bertz CT molecular complexity index is 786. The minimum Gasteiger partial charge on any atom is -0.463 e. The molecule has 0 saturated heterocycles. The number of aryl methyl sites for hydroxylation is 2. The normalized spacial score (nSPS) is 12.3. The molecule has 1 unspecified atom stereocenters. The average molecular weight is 359 g/mol. The van der Waals surface area contributed by atoms with Crippen LogP contribution in [0.1, 0.15) is 22.0 Å². The van der Waals surface area contributed by atoms with E-state index in [0.717, 1.165) is 34.3 Å². The van der Waals surface area contributed by atoms with Gasteiger partial charge < -0.3 is 14.6 Å². The lowest BCUT2D eigenvalue weighted by molar-refractivity contribution is -0.920. The number of amides is 1. The fraction of sp³-hybridized carbons (Fsp3) is 0.333. The minimum absolute atomic E-state index is 0.0164. The van der Waals surface area contributed by atoms with Crippen molar-refractivity contribution in [3.8, 4) is 0 Å². The molecule has 25 heavy (non-hydrogen) atoms. The van der Waals surface area contributed by atoms with E-state index in [1.807, 2.05) is 39.1 Å². The predicted molar refractivity (Wildman–Crippen MR) is 97.6 cm³/mol. The van der Waals surface area contributed by atoms with Gasteiger partial charge in [-0.2, -0.15) is 5.10 Å². The van der Waals surface area contributed by atoms with Gasteiger partial charge in [-0.25, -0.2) is 0 Å². The maximum atomic E-state index is 12.6. The van der Waals surface area contributed by atoms with Gasteiger partial charge in [0, 0.05) is 7.05 Å². The Balaban J connectivity index is 1.69. The molecule has 3 aromatic rings. The van der Waals surface area contributed by atoms with Gasteiger partial charge >= 0.3 is 0 Å². The van der Waals surface area contributed by atoms with Crippen molar-refractivity contribution in [3.05, 3.63) is 57.9 Å². The first-order valence-corrected chi connectivity index (χ1v) is 9.09. The van der Waals surface area contributed by atoms with Crippen molar-refractivity contribution in [2.75, 3.05) is 11.9 Å². The number of aromatic nitrogens is 2. The lowest BCUT2D eigenvalue weighted by Crippen LogP contribution is -3.10. The maximum absolute atomic E-state index is 12.6. The van der Waals surface area contributed by atoms with Crippen molar-refractivity contribution in [2.24, 2.45) is 7.05 Å². The van der Waals surface area contributed by atoms with Crippen molar-refractivity contribution >= 4 is 22.9 Å². The summed E-state index contributed by atoms with van der Waals surface area (Å²) in [6.45, 7) is 5.68. The Morgan fingerprint density at radius 3 is 2.76 bits per heavy atom. The third-order valence-electron chi connectivity index (χ3n) is 4.19. The Morgan fingerprint density at radius 2 is 2.16 bits per heavy atom. The maximum Gasteiger partial charge on any atom is 0.279 e. The summed E-state index contributed by atoms with van der Waals surface area (Å²) in [6.07, 6.45) is 1.67. The summed E-state index contributed by atoms with van der Waals surface area (Å²) < 4.78 is 7.24. The van der Waals surface area contributed by atoms with Crippen LogP contribution in [0, 0.1) is 13.8 Å². The summed E-state index contributed by atoms with van der Waals surface area (Å²) in [6, 6.07) is 7.95. The minimum atomic E-state index is -0.0164. The molecular formula is C18H23N4O2S+. The summed E-state index contributed by atoms with van der Waals surface area (Å²) in [4.78, 5) is 15.0. The van der Waals surface area contributed by atoms with E-state index < -0.39 is 0 Å². The molecule has 3 aromatic heterocycles. The zero-order valence-electron chi connectivity index (χ0n) is 14.7. The summed E-state index contributed by atoms with van der Waals surface area (Å²) in [5.74, 6) is 0.866. The molecule has 1 atom stereocenters. The molecule has 7 heteroatoms. The number of hydrogen-bond acceptors (Lipinski definition) is 4. The van der Waals surface area contributed by atoms with Crippen LogP contribution in [0.5, 0.6) is 0 Å². The summed E-state index contributed by atoms with van der Waals surface area (Å²) >= 11 is 1.71. The van der Waals surface area contributed by atoms with Gasteiger partial charge in [0.25, 0.3) is 5.91 Å². The molecule has 0 bridgehead atoms. The summed E-state index contributed by atoms with van der Waals surface area (Å²) in [7, 11) is 1.88. The number of furan rings is 1. The van der Waals surface area contributed by atoms with E-state index in [4.69, 9.17) is 4.42 Å². The van der Waals surface area contributed by atoms with Crippen molar-refractivity contribution in [3.63, 3.8) is 0 Å². The standard InChI is InChI=1S/C18H22N4O2S/c1-13-18(14(2)21(3)20-13)19-17(23)12-22(10-15-6-4-8-24-15)11-16-7-5-9-25-16/h4-9H,10-12H2,1-3H3,(H,19,23)/p+1. The van der Waals surface area contributed by atoms with Crippen LogP contribution in [0.15, 0.2) is 40.3 Å². The Labute approximate surface area is 151 Å². The monoisotopic (exact) mass is 359 g/mol. The molecule has 6 nitrogen and oxygen atoms in total. The first-order valence-electron chi connectivity index (χ1n) is 8.21. The molecule has 0 fully saturated rings. The van der Waals surface area contributed by atoms with Crippen molar-refractivity contribution in [1.29, 1.82) is 0 Å². The van der Waals surface area contributed by atoms with E-state index in [1.165, 1.54) is 4.88 Å². The Morgan fingerprint density at radius 1 is 1.32 bits per heavy atom. The van der Waals surface area contributed by atoms with Gasteiger partial charge in [0.2, 0.25) is 0 Å². The van der Waals surface area contributed by atoms with Crippen molar-refractivity contribution in [1.82, 2.24) is 9.78 Å². The summed E-state index contributed by atoms with van der Waals surface area (Å²) in [5, 5.41) is 9.42. The molecular weight excluding hydrogens is 336 g/mol. The topological polar surface area (TPSA) is 64.5 Å². The van der Waals surface area contributed by atoms with Crippen LogP contribution in [0.4, 0.5) is 5.69 Å². The second-order valence-corrected chi connectivity index (χ2v) is 7.19. The highest BCUT2D eigenvalue weighted by Crippen LogP contribution is 2.17. The fourth-order valence-corrected chi connectivity index (χ4v) is 3.65. The van der Waals surface area contributed by atoms with Gasteiger partial charge in [-0.15, -0.1) is 11.3 Å². The molecule has 0 aromatic carbocycles. The van der Waals surface area contributed by atoms with Crippen LogP contribution >= 0.6 is 11.3 Å².